The first-order chi connectivity index (χ1) is 8.03. The van der Waals surface area contributed by atoms with Gasteiger partial charge in [-0.1, -0.05) is 0 Å². The van der Waals surface area contributed by atoms with E-state index in [-0.39, 0.29) is 11.2 Å². The van der Waals surface area contributed by atoms with Gasteiger partial charge < -0.3 is 9.15 Å². The molecular weight excluding hydrogens is 216 g/mol. The van der Waals surface area contributed by atoms with Crippen LogP contribution in [0.5, 0.6) is 5.75 Å². The van der Waals surface area contributed by atoms with Gasteiger partial charge in [0, 0.05) is 17.5 Å². The molecule has 0 amide bonds. The van der Waals surface area contributed by atoms with E-state index < -0.39 is 0 Å². The summed E-state index contributed by atoms with van der Waals surface area (Å²) in [5, 5.41) is 0.951. The number of hydrogen-bond donors (Lipinski definition) is 0. The molecule has 0 spiro atoms. The van der Waals surface area contributed by atoms with Crippen molar-refractivity contribution in [2.24, 2.45) is 0 Å². The molecule has 1 aliphatic rings. The van der Waals surface area contributed by atoms with Gasteiger partial charge in [-0.3, -0.25) is 0 Å². The quantitative estimate of drug-likeness (QED) is 0.653. The van der Waals surface area contributed by atoms with Crippen LogP contribution in [0.25, 0.3) is 11.0 Å². The predicted molar refractivity (Wildman–Crippen MR) is 65.5 cm³/mol. The van der Waals surface area contributed by atoms with Crippen molar-refractivity contribution < 1.29 is 9.15 Å². The summed E-state index contributed by atoms with van der Waals surface area (Å²) in [6, 6.07) is 7.11. The van der Waals surface area contributed by atoms with Crippen LogP contribution in [0.1, 0.15) is 25.8 Å². The fourth-order valence-electron chi connectivity index (χ4n) is 2.22. The van der Waals surface area contributed by atoms with E-state index in [1.54, 1.807) is 6.07 Å². The van der Waals surface area contributed by atoms with Crippen LogP contribution in [0.15, 0.2) is 33.5 Å². The molecule has 0 saturated heterocycles. The molecule has 17 heavy (non-hydrogen) atoms. The van der Waals surface area contributed by atoms with E-state index in [1.165, 1.54) is 11.6 Å². The van der Waals surface area contributed by atoms with Gasteiger partial charge >= 0.3 is 5.63 Å². The molecule has 3 nitrogen and oxygen atoms in total. The SMILES string of the molecule is CC1(C)CCc2cc3ccc(=O)oc3cc2O1. The maximum atomic E-state index is 11.2. The molecule has 0 fully saturated rings. The fourth-order valence-corrected chi connectivity index (χ4v) is 2.22. The molecule has 1 aromatic carbocycles. The monoisotopic (exact) mass is 230 g/mol. The minimum Gasteiger partial charge on any atom is -0.487 e. The average Bonchev–Trinajstić information content (AvgIpc) is 2.25. The largest absolute Gasteiger partial charge is 0.487 e. The van der Waals surface area contributed by atoms with E-state index in [1.807, 2.05) is 12.1 Å². The maximum absolute atomic E-state index is 11.2. The molecule has 0 N–H and O–H groups in total. The number of hydrogen-bond acceptors (Lipinski definition) is 3. The Morgan fingerprint density at radius 2 is 2.06 bits per heavy atom. The Morgan fingerprint density at radius 1 is 1.24 bits per heavy atom. The lowest BCUT2D eigenvalue weighted by molar-refractivity contribution is 0.0848. The lowest BCUT2D eigenvalue weighted by Crippen LogP contribution is -2.32. The van der Waals surface area contributed by atoms with Crippen LogP contribution in [0, 0.1) is 0 Å². The van der Waals surface area contributed by atoms with Gasteiger partial charge in [0.2, 0.25) is 0 Å². The van der Waals surface area contributed by atoms with Gasteiger partial charge in [0.1, 0.15) is 16.9 Å². The van der Waals surface area contributed by atoms with E-state index in [0.717, 1.165) is 24.0 Å². The zero-order valence-electron chi connectivity index (χ0n) is 9.95. The van der Waals surface area contributed by atoms with Gasteiger partial charge in [0.25, 0.3) is 0 Å². The standard InChI is InChI=1S/C14H14O3/c1-14(2)6-5-10-7-9-3-4-13(15)16-11(9)8-12(10)17-14/h3-4,7-8H,5-6H2,1-2H3. The van der Waals surface area contributed by atoms with Crippen LogP contribution in [0.3, 0.4) is 0 Å². The van der Waals surface area contributed by atoms with Crippen molar-refractivity contribution in [3.63, 3.8) is 0 Å². The van der Waals surface area contributed by atoms with Crippen LogP contribution in [-0.2, 0) is 6.42 Å². The summed E-state index contributed by atoms with van der Waals surface area (Å²) in [7, 11) is 0. The summed E-state index contributed by atoms with van der Waals surface area (Å²) in [4.78, 5) is 11.2. The van der Waals surface area contributed by atoms with Crippen LogP contribution < -0.4 is 10.4 Å². The maximum Gasteiger partial charge on any atom is 0.336 e. The number of ether oxygens (including phenoxy) is 1. The van der Waals surface area contributed by atoms with Crippen molar-refractivity contribution in [2.45, 2.75) is 32.3 Å². The first-order valence-corrected chi connectivity index (χ1v) is 5.79. The van der Waals surface area contributed by atoms with Gasteiger partial charge in [-0.15, -0.1) is 0 Å². The third kappa shape index (κ3) is 1.82. The Morgan fingerprint density at radius 3 is 2.88 bits per heavy atom. The van der Waals surface area contributed by atoms with Crippen molar-refractivity contribution >= 4 is 11.0 Å². The van der Waals surface area contributed by atoms with Crippen LogP contribution in [0.4, 0.5) is 0 Å². The summed E-state index contributed by atoms with van der Waals surface area (Å²) in [6.07, 6.45) is 2.00. The fraction of sp³-hybridized carbons (Fsp3) is 0.357. The molecule has 1 aliphatic heterocycles. The first kappa shape index (κ1) is 10.4. The Bertz CT molecular complexity index is 637. The Balaban J connectivity index is 2.21. The van der Waals surface area contributed by atoms with Crippen molar-refractivity contribution in [3.05, 3.63) is 40.2 Å². The molecule has 88 valence electrons. The highest BCUT2D eigenvalue weighted by molar-refractivity contribution is 5.79. The van der Waals surface area contributed by atoms with Crippen molar-refractivity contribution in [1.82, 2.24) is 0 Å². The molecular formula is C14H14O3. The first-order valence-electron chi connectivity index (χ1n) is 5.79. The highest BCUT2D eigenvalue weighted by atomic mass is 16.5. The molecule has 3 heteroatoms. The lowest BCUT2D eigenvalue weighted by atomic mass is 9.93. The number of aryl methyl sites for hydroxylation is 1. The molecule has 1 aromatic heterocycles. The molecule has 3 rings (SSSR count). The predicted octanol–water partition coefficient (Wildman–Crippen LogP) is 2.90. The van der Waals surface area contributed by atoms with E-state index in [2.05, 4.69) is 13.8 Å². The Labute approximate surface area is 99.0 Å². The smallest absolute Gasteiger partial charge is 0.336 e. The van der Waals surface area contributed by atoms with Gasteiger partial charge in [0.05, 0.1) is 0 Å². The van der Waals surface area contributed by atoms with Gasteiger partial charge in [-0.05, 0) is 44.4 Å². The van der Waals surface area contributed by atoms with Crippen LogP contribution in [-0.4, -0.2) is 5.60 Å². The second kappa shape index (κ2) is 3.36. The number of rotatable bonds is 0. The molecule has 0 bridgehead atoms. The summed E-state index contributed by atoms with van der Waals surface area (Å²) in [6.45, 7) is 4.14. The van der Waals surface area contributed by atoms with Crippen molar-refractivity contribution in [1.29, 1.82) is 0 Å². The van der Waals surface area contributed by atoms with Crippen LogP contribution >= 0.6 is 0 Å². The highest BCUT2D eigenvalue weighted by Crippen LogP contribution is 2.35. The highest BCUT2D eigenvalue weighted by Gasteiger charge is 2.26. The molecule has 0 atom stereocenters. The zero-order chi connectivity index (χ0) is 12.0. The topological polar surface area (TPSA) is 39.4 Å². The van der Waals surface area contributed by atoms with E-state index in [0.29, 0.717) is 5.58 Å². The van der Waals surface area contributed by atoms with Gasteiger partial charge in [-0.25, -0.2) is 4.79 Å². The van der Waals surface area contributed by atoms with Gasteiger partial charge in [0.15, 0.2) is 0 Å². The second-order valence-electron chi connectivity index (χ2n) is 5.11. The summed E-state index contributed by atoms with van der Waals surface area (Å²) < 4.78 is 11.1. The lowest BCUT2D eigenvalue weighted by Gasteiger charge is -2.32. The van der Waals surface area contributed by atoms with Crippen LogP contribution in [0.2, 0.25) is 0 Å². The van der Waals surface area contributed by atoms with Crippen molar-refractivity contribution in [2.75, 3.05) is 0 Å². The normalized spacial score (nSPS) is 17.5. The number of fused-ring (bicyclic) bond motifs is 2. The average molecular weight is 230 g/mol. The van der Waals surface area contributed by atoms with E-state index in [4.69, 9.17) is 9.15 Å². The Hall–Kier alpha value is -1.77. The van der Waals surface area contributed by atoms with Crippen molar-refractivity contribution in [3.8, 4) is 5.75 Å². The third-order valence-corrected chi connectivity index (χ3v) is 3.19. The molecule has 0 aliphatic carbocycles. The van der Waals surface area contributed by atoms with E-state index in [9.17, 15) is 4.79 Å². The third-order valence-electron chi connectivity index (χ3n) is 3.19. The molecule has 2 aromatic rings. The minimum atomic E-state index is -0.326. The summed E-state index contributed by atoms with van der Waals surface area (Å²) in [5.41, 5.74) is 1.31. The number of benzene rings is 1. The second-order valence-corrected chi connectivity index (χ2v) is 5.11. The molecule has 2 heterocycles. The van der Waals surface area contributed by atoms with Gasteiger partial charge in [-0.2, -0.15) is 0 Å². The Kier molecular flexibility index (Phi) is 2.05. The minimum absolute atomic E-state index is 0.143. The molecule has 0 saturated carbocycles. The van der Waals surface area contributed by atoms with E-state index >= 15 is 0 Å². The summed E-state index contributed by atoms with van der Waals surface area (Å²) in [5.74, 6) is 0.836. The molecule has 0 unspecified atom stereocenters. The zero-order valence-corrected chi connectivity index (χ0v) is 9.95. The molecule has 0 radical (unpaired) electrons. The summed E-state index contributed by atoms with van der Waals surface area (Å²) >= 11 is 0.